The van der Waals surface area contributed by atoms with Gasteiger partial charge < -0.3 is 15.8 Å². The Morgan fingerprint density at radius 3 is 2.74 bits per heavy atom. The first-order valence-electron chi connectivity index (χ1n) is 11.7. The smallest absolute Gasteiger partial charge is 0.270 e. The van der Waals surface area contributed by atoms with Crippen molar-refractivity contribution in [3.63, 3.8) is 0 Å². The van der Waals surface area contributed by atoms with Crippen molar-refractivity contribution in [1.82, 2.24) is 20.5 Å². The van der Waals surface area contributed by atoms with Crippen LogP contribution in [-0.4, -0.2) is 27.2 Å². The molecular formula is C27H27N5O2S. The zero-order chi connectivity index (χ0) is 24.4. The summed E-state index contributed by atoms with van der Waals surface area (Å²) in [6, 6.07) is 17.2. The second-order valence-corrected chi connectivity index (χ2v) is 9.82. The lowest BCUT2D eigenvalue weighted by Crippen LogP contribution is -2.31. The molecule has 0 radical (unpaired) electrons. The number of nitrogens with zero attached hydrogens (tertiary/aromatic N) is 3. The van der Waals surface area contributed by atoms with Gasteiger partial charge in [-0.1, -0.05) is 35.6 Å². The van der Waals surface area contributed by atoms with Crippen LogP contribution in [0.5, 0.6) is 5.75 Å². The van der Waals surface area contributed by atoms with Gasteiger partial charge in [0.2, 0.25) is 0 Å². The summed E-state index contributed by atoms with van der Waals surface area (Å²) in [7, 11) is 0. The van der Waals surface area contributed by atoms with Crippen molar-refractivity contribution >= 4 is 22.9 Å². The number of benzene rings is 2. The molecule has 1 aliphatic rings. The number of amides is 1. The molecule has 4 aromatic rings. The molecule has 5 rings (SSSR count). The molecule has 7 nitrogen and oxygen atoms in total. The molecule has 0 saturated carbocycles. The minimum atomic E-state index is -0.158. The molecule has 2 aromatic carbocycles. The SMILES string of the molecule is CC(C)Oc1ccc(-c2nnc(-c3cccc4c3CCC[C@H]4NC(=O)c3ccccn3)s2)cc1N. The highest BCUT2D eigenvalue weighted by Crippen LogP contribution is 2.39. The van der Waals surface area contributed by atoms with Gasteiger partial charge in [0.15, 0.2) is 0 Å². The predicted molar refractivity (Wildman–Crippen MR) is 138 cm³/mol. The van der Waals surface area contributed by atoms with Gasteiger partial charge in [0.25, 0.3) is 5.91 Å². The molecule has 0 saturated heterocycles. The van der Waals surface area contributed by atoms with Gasteiger partial charge in [-0.2, -0.15) is 0 Å². The Hall–Kier alpha value is -3.78. The number of hydrogen-bond donors (Lipinski definition) is 2. The van der Waals surface area contributed by atoms with Crippen molar-refractivity contribution in [2.45, 2.75) is 45.3 Å². The fourth-order valence-corrected chi connectivity index (χ4v) is 5.31. The van der Waals surface area contributed by atoms with E-state index in [9.17, 15) is 4.79 Å². The maximum Gasteiger partial charge on any atom is 0.270 e. The molecule has 1 aliphatic carbocycles. The summed E-state index contributed by atoms with van der Waals surface area (Å²) in [5, 5.41) is 13.8. The molecule has 35 heavy (non-hydrogen) atoms. The summed E-state index contributed by atoms with van der Waals surface area (Å²) >= 11 is 1.54. The predicted octanol–water partition coefficient (Wildman–Crippen LogP) is 5.44. The van der Waals surface area contributed by atoms with Gasteiger partial charge in [-0.3, -0.25) is 9.78 Å². The van der Waals surface area contributed by atoms with Crippen LogP contribution in [0.4, 0.5) is 5.69 Å². The minimum absolute atomic E-state index is 0.0538. The Labute approximate surface area is 208 Å². The molecule has 1 atom stereocenters. The van der Waals surface area contributed by atoms with E-state index in [4.69, 9.17) is 10.5 Å². The topological polar surface area (TPSA) is 103 Å². The van der Waals surface area contributed by atoms with Gasteiger partial charge >= 0.3 is 0 Å². The van der Waals surface area contributed by atoms with Gasteiger partial charge in [0.1, 0.15) is 21.5 Å². The summed E-state index contributed by atoms with van der Waals surface area (Å²) in [4.78, 5) is 16.9. The van der Waals surface area contributed by atoms with E-state index < -0.39 is 0 Å². The molecule has 2 aromatic heterocycles. The molecule has 8 heteroatoms. The zero-order valence-corrected chi connectivity index (χ0v) is 20.5. The second kappa shape index (κ2) is 9.84. The number of fused-ring (bicyclic) bond motifs is 1. The summed E-state index contributed by atoms with van der Waals surface area (Å²) in [6.45, 7) is 3.94. The van der Waals surface area contributed by atoms with Crippen LogP contribution in [-0.2, 0) is 6.42 Å². The number of pyridine rings is 1. The monoisotopic (exact) mass is 485 g/mol. The van der Waals surface area contributed by atoms with E-state index >= 15 is 0 Å². The van der Waals surface area contributed by atoms with Crippen molar-refractivity contribution < 1.29 is 9.53 Å². The third kappa shape index (κ3) is 4.88. The molecule has 0 unspecified atom stereocenters. The molecule has 2 heterocycles. The number of hydrogen-bond acceptors (Lipinski definition) is 7. The number of nitrogens with one attached hydrogen (secondary N) is 1. The summed E-state index contributed by atoms with van der Waals surface area (Å²) in [5.41, 5.74) is 11.5. The Bertz CT molecular complexity index is 1350. The lowest BCUT2D eigenvalue weighted by atomic mass is 9.85. The van der Waals surface area contributed by atoms with Crippen LogP contribution in [0, 0.1) is 0 Å². The molecular weight excluding hydrogens is 458 g/mol. The van der Waals surface area contributed by atoms with E-state index in [1.807, 2.05) is 44.2 Å². The number of rotatable bonds is 6. The minimum Gasteiger partial charge on any atom is -0.489 e. The molecule has 3 N–H and O–H groups in total. The van der Waals surface area contributed by atoms with Gasteiger partial charge in [-0.05, 0) is 74.6 Å². The van der Waals surface area contributed by atoms with E-state index in [0.29, 0.717) is 17.1 Å². The summed E-state index contributed by atoms with van der Waals surface area (Å²) in [6.07, 6.45) is 4.49. The van der Waals surface area contributed by atoms with E-state index in [2.05, 4.69) is 32.6 Å². The largest absolute Gasteiger partial charge is 0.489 e. The summed E-state index contributed by atoms with van der Waals surface area (Å²) in [5.74, 6) is 0.513. The van der Waals surface area contributed by atoms with Crippen molar-refractivity contribution in [3.8, 4) is 26.9 Å². The number of carbonyl (C=O) groups excluding carboxylic acids is 1. The first-order chi connectivity index (χ1) is 17.0. The first-order valence-corrected chi connectivity index (χ1v) is 12.6. The quantitative estimate of drug-likeness (QED) is 0.352. The van der Waals surface area contributed by atoms with E-state index in [-0.39, 0.29) is 18.1 Å². The lowest BCUT2D eigenvalue weighted by Gasteiger charge is -2.27. The van der Waals surface area contributed by atoms with Gasteiger partial charge in [-0.15, -0.1) is 10.2 Å². The Balaban J connectivity index is 1.41. The Morgan fingerprint density at radius 2 is 1.97 bits per heavy atom. The van der Waals surface area contributed by atoms with Crippen LogP contribution in [0.2, 0.25) is 0 Å². The molecule has 0 spiro atoms. The first kappa shape index (κ1) is 23.0. The lowest BCUT2D eigenvalue weighted by molar-refractivity contribution is 0.0927. The van der Waals surface area contributed by atoms with E-state index in [1.54, 1.807) is 18.3 Å². The average Bonchev–Trinajstić information content (AvgIpc) is 3.35. The van der Waals surface area contributed by atoms with Crippen LogP contribution in [0.3, 0.4) is 0 Å². The normalized spacial score (nSPS) is 15.0. The van der Waals surface area contributed by atoms with Crippen LogP contribution >= 0.6 is 11.3 Å². The van der Waals surface area contributed by atoms with Crippen molar-refractivity contribution in [2.75, 3.05) is 5.73 Å². The van der Waals surface area contributed by atoms with Gasteiger partial charge in [0, 0.05) is 17.3 Å². The molecule has 1 amide bonds. The number of anilines is 1. The van der Waals surface area contributed by atoms with Crippen molar-refractivity contribution in [2.24, 2.45) is 0 Å². The number of nitrogen functional groups attached to an aromatic ring is 1. The van der Waals surface area contributed by atoms with Gasteiger partial charge in [-0.25, -0.2) is 0 Å². The maximum atomic E-state index is 12.7. The molecule has 0 bridgehead atoms. The fraction of sp³-hybridized carbons (Fsp3) is 0.259. The highest BCUT2D eigenvalue weighted by Gasteiger charge is 2.26. The number of aromatic nitrogens is 3. The van der Waals surface area contributed by atoms with Crippen LogP contribution in [0.25, 0.3) is 21.1 Å². The van der Waals surface area contributed by atoms with E-state index in [0.717, 1.165) is 46.0 Å². The zero-order valence-electron chi connectivity index (χ0n) is 19.7. The molecule has 0 fully saturated rings. The second-order valence-electron chi connectivity index (χ2n) is 8.84. The van der Waals surface area contributed by atoms with E-state index in [1.165, 1.54) is 16.9 Å². The van der Waals surface area contributed by atoms with Crippen LogP contribution in [0.1, 0.15) is 54.3 Å². The molecule has 178 valence electrons. The standard InChI is InChI=1S/C27H27N5O2S/c1-16(2)34-24-13-12-17(15-21(24)28)26-31-32-27(35-26)20-9-5-8-19-18(20)7-6-11-22(19)30-25(33)23-10-3-4-14-29-23/h3-5,8-10,12-16,22H,6-7,11,28H2,1-2H3,(H,30,33)/t22-/m1/s1. The number of ether oxygens (including phenoxy) is 1. The third-order valence-electron chi connectivity index (χ3n) is 5.98. The summed E-state index contributed by atoms with van der Waals surface area (Å²) < 4.78 is 5.75. The van der Waals surface area contributed by atoms with Gasteiger partial charge in [0.05, 0.1) is 17.8 Å². The molecule has 0 aliphatic heterocycles. The number of carbonyl (C=O) groups is 1. The Kier molecular flexibility index (Phi) is 6.46. The fourth-order valence-electron chi connectivity index (χ4n) is 4.42. The van der Waals surface area contributed by atoms with Crippen LogP contribution < -0.4 is 15.8 Å². The Morgan fingerprint density at radius 1 is 1.11 bits per heavy atom. The van der Waals surface area contributed by atoms with Crippen molar-refractivity contribution in [3.05, 3.63) is 77.6 Å². The van der Waals surface area contributed by atoms with Crippen LogP contribution in [0.15, 0.2) is 60.8 Å². The highest BCUT2D eigenvalue weighted by atomic mass is 32.1. The average molecular weight is 486 g/mol. The highest BCUT2D eigenvalue weighted by molar-refractivity contribution is 7.17. The number of nitrogens with two attached hydrogens (primary N) is 1. The maximum absolute atomic E-state index is 12.7. The van der Waals surface area contributed by atoms with Crippen molar-refractivity contribution in [1.29, 1.82) is 0 Å². The third-order valence-corrected chi connectivity index (χ3v) is 6.99.